The molecule has 0 aromatic heterocycles. The van der Waals surface area contributed by atoms with Crippen LogP contribution in [-0.4, -0.2) is 16.9 Å². The van der Waals surface area contributed by atoms with Crippen molar-refractivity contribution in [1.82, 2.24) is 0 Å². The average Bonchev–Trinajstić information content (AvgIpc) is 2.52. The first-order chi connectivity index (χ1) is 11.9. The number of nitro benzene ring substituents is 2. The summed E-state index contributed by atoms with van der Waals surface area (Å²) in [6.07, 6.45) is -5.03. The van der Waals surface area contributed by atoms with Gasteiger partial charge in [-0.15, -0.1) is 0 Å². The van der Waals surface area contributed by atoms with Gasteiger partial charge in [-0.1, -0.05) is 0 Å². The molecule has 0 aliphatic rings. The molecule has 0 N–H and O–H groups in total. The second kappa shape index (κ2) is 7.34. The molecule has 0 saturated heterocycles. The summed E-state index contributed by atoms with van der Waals surface area (Å²) in [6.45, 7) is 0. The second-order valence-electron chi connectivity index (χ2n) is 5.03. The Balaban J connectivity index is 2.84. The lowest BCUT2D eigenvalue weighted by molar-refractivity contribution is -0.394. The maximum Gasteiger partial charge on any atom is 0.418 e. The lowest BCUT2D eigenvalue weighted by Crippen LogP contribution is -2.19. The summed E-state index contributed by atoms with van der Waals surface area (Å²) in [5.41, 5.74) is -4.04. The van der Waals surface area contributed by atoms with Crippen LogP contribution in [0.15, 0.2) is 34.8 Å². The smallest absolute Gasteiger partial charge is 0.338 e. The van der Waals surface area contributed by atoms with Crippen molar-refractivity contribution in [3.05, 3.63) is 64.2 Å². The summed E-state index contributed by atoms with van der Waals surface area (Å²) in [6, 6.07) is 5.52. The van der Waals surface area contributed by atoms with Crippen LogP contribution >= 0.6 is 38.5 Å². The molecule has 0 atom stereocenters. The van der Waals surface area contributed by atoms with Crippen molar-refractivity contribution in [2.75, 3.05) is 11.9 Å². The fourth-order valence-electron chi connectivity index (χ4n) is 2.29. The Kier molecular flexibility index (Phi) is 5.75. The molecule has 0 radical (unpaired) electrons. The van der Waals surface area contributed by atoms with Crippen LogP contribution in [0.2, 0.25) is 0 Å². The predicted octanol–water partition coefficient (Wildman–Crippen LogP) is 5.66. The van der Waals surface area contributed by atoms with E-state index in [0.29, 0.717) is 16.6 Å². The molecule has 26 heavy (non-hydrogen) atoms. The van der Waals surface area contributed by atoms with Crippen molar-refractivity contribution in [2.24, 2.45) is 0 Å². The molecule has 7 nitrogen and oxygen atoms in total. The van der Waals surface area contributed by atoms with Gasteiger partial charge in [-0.25, -0.2) is 0 Å². The Morgan fingerprint density at radius 3 is 2.19 bits per heavy atom. The van der Waals surface area contributed by atoms with E-state index < -0.39 is 38.6 Å². The van der Waals surface area contributed by atoms with Gasteiger partial charge in [0.05, 0.1) is 27.2 Å². The number of hydrogen-bond acceptors (Lipinski definition) is 5. The van der Waals surface area contributed by atoms with Crippen molar-refractivity contribution in [1.29, 1.82) is 0 Å². The van der Waals surface area contributed by atoms with Crippen molar-refractivity contribution in [2.45, 2.75) is 6.18 Å². The van der Waals surface area contributed by atoms with Gasteiger partial charge in [-0.05, 0) is 56.7 Å². The van der Waals surface area contributed by atoms with Gasteiger partial charge >= 0.3 is 6.18 Å². The standard InChI is InChI=1S/C14H8BrF3IN3O4/c1-20(11-3-2-7(19)4-10(11)15)13-9(14(16,17)18)5-8(21(23)24)6-12(13)22(25)26/h2-6H,1H3. The zero-order valence-corrected chi connectivity index (χ0v) is 16.5. The molecular weight excluding hydrogens is 538 g/mol. The molecule has 0 aliphatic heterocycles. The van der Waals surface area contributed by atoms with E-state index in [2.05, 4.69) is 15.9 Å². The topological polar surface area (TPSA) is 89.5 Å². The highest BCUT2D eigenvalue weighted by Crippen LogP contribution is 2.47. The van der Waals surface area contributed by atoms with Crippen molar-refractivity contribution >= 4 is 61.3 Å². The van der Waals surface area contributed by atoms with Crippen LogP contribution in [0.25, 0.3) is 0 Å². The van der Waals surface area contributed by atoms with Crippen molar-refractivity contribution < 1.29 is 23.0 Å². The van der Waals surface area contributed by atoms with E-state index >= 15 is 0 Å². The lowest BCUT2D eigenvalue weighted by Gasteiger charge is -2.24. The predicted molar refractivity (Wildman–Crippen MR) is 99.7 cm³/mol. The first kappa shape index (κ1) is 20.4. The number of anilines is 2. The summed E-state index contributed by atoms with van der Waals surface area (Å²) in [5.74, 6) is 0. The maximum absolute atomic E-state index is 13.5. The Bertz CT molecular complexity index is 908. The number of alkyl halides is 3. The maximum atomic E-state index is 13.5. The van der Waals surface area contributed by atoms with Gasteiger partial charge in [-0.3, -0.25) is 20.2 Å². The van der Waals surface area contributed by atoms with Gasteiger partial charge in [0, 0.05) is 21.2 Å². The lowest BCUT2D eigenvalue weighted by atomic mass is 10.1. The molecule has 138 valence electrons. The zero-order chi connectivity index (χ0) is 19.8. The number of non-ortho nitro benzene ring substituents is 1. The minimum absolute atomic E-state index is 0.230. The highest BCUT2D eigenvalue weighted by atomic mass is 127. The SMILES string of the molecule is CN(c1ccc(I)cc1Br)c1c([N+](=O)[O-])cc([N+](=O)[O-])cc1C(F)(F)F. The van der Waals surface area contributed by atoms with E-state index in [1.807, 2.05) is 22.6 Å². The van der Waals surface area contributed by atoms with Crippen LogP contribution < -0.4 is 4.90 Å². The zero-order valence-electron chi connectivity index (χ0n) is 12.8. The van der Waals surface area contributed by atoms with Crippen LogP contribution in [0.3, 0.4) is 0 Å². The third-order valence-corrected chi connectivity index (χ3v) is 4.70. The van der Waals surface area contributed by atoms with Gasteiger partial charge in [0.1, 0.15) is 5.69 Å². The fraction of sp³-hybridized carbons (Fsp3) is 0.143. The number of benzene rings is 2. The molecule has 0 aliphatic carbocycles. The van der Waals surface area contributed by atoms with E-state index in [1.54, 1.807) is 12.1 Å². The molecule has 12 heteroatoms. The van der Waals surface area contributed by atoms with Gasteiger partial charge < -0.3 is 4.90 Å². The van der Waals surface area contributed by atoms with E-state index in [4.69, 9.17) is 0 Å². The fourth-order valence-corrected chi connectivity index (χ4v) is 3.86. The average molecular weight is 546 g/mol. The van der Waals surface area contributed by atoms with E-state index in [-0.39, 0.29) is 5.69 Å². The van der Waals surface area contributed by atoms with Crippen LogP contribution in [0.1, 0.15) is 5.56 Å². The Morgan fingerprint density at radius 1 is 1.12 bits per heavy atom. The van der Waals surface area contributed by atoms with Crippen molar-refractivity contribution in [3.63, 3.8) is 0 Å². The first-order valence-corrected chi connectivity index (χ1v) is 8.53. The highest BCUT2D eigenvalue weighted by Gasteiger charge is 2.41. The van der Waals surface area contributed by atoms with Gasteiger partial charge in [0.2, 0.25) is 0 Å². The number of hydrogen-bond donors (Lipinski definition) is 0. The number of nitro groups is 2. The minimum Gasteiger partial charge on any atom is -0.338 e. The van der Waals surface area contributed by atoms with Crippen LogP contribution in [0.5, 0.6) is 0 Å². The first-order valence-electron chi connectivity index (χ1n) is 6.66. The van der Waals surface area contributed by atoms with Crippen LogP contribution in [-0.2, 0) is 6.18 Å². The summed E-state index contributed by atoms with van der Waals surface area (Å²) >= 11 is 5.21. The van der Waals surface area contributed by atoms with Gasteiger partial charge in [-0.2, -0.15) is 13.2 Å². The largest absolute Gasteiger partial charge is 0.418 e. The summed E-state index contributed by atoms with van der Waals surface area (Å²) in [7, 11) is 1.22. The molecule has 0 bridgehead atoms. The highest BCUT2D eigenvalue weighted by molar-refractivity contribution is 14.1. The third-order valence-electron chi connectivity index (χ3n) is 3.39. The normalized spacial score (nSPS) is 11.3. The molecule has 0 heterocycles. The molecule has 0 saturated carbocycles. The van der Waals surface area contributed by atoms with E-state index in [0.717, 1.165) is 8.47 Å². The summed E-state index contributed by atoms with van der Waals surface area (Å²) in [5, 5.41) is 22.2. The van der Waals surface area contributed by atoms with E-state index in [9.17, 15) is 33.4 Å². The summed E-state index contributed by atoms with van der Waals surface area (Å²) < 4.78 is 41.7. The monoisotopic (exact) mass is 545 g/mol. The van der Waals surface area contributed by atoms with Crippen LogP contribution in [0, 0.1) is 23.8 Å². The molecule has 0 spiro atoms. The number of halogens is 5. The Labute approximate surface area is 166 Å². The van der Waals surface area contributed by atoms with E-state index in [1.165, 1.54) is 13.1 Å². The molecule has 0 fully saturated rings. The Morgan fingerprint density at radius 2 is 1.73 bits per heavy atom. The molecule has 0 unspecified atom stereocenters. The second-order valence-corrected chi connectivity index (χ2v) is 7.13. The number of nitrogens with zero attached hydrogens (tertiary/aromatic N) is 3. The molecular formula is C14H8BrF3IN3O4. The molecule has 2 aromatic carbocycles. The van der Waals surface area contributed by atoms with Gasteiger partial charge in [0.15, 0.2) is 0 Å². The van der Waals surface area contributed by atoms with Gasteiger partial charge in [0.25, 0.3) is 11.4 Å². The Hall–Kier alpha value is -1.96. The van der Waals surface area contributed by atoms with Crippen molar-refractivity contribution in [3.8, 4) is 0 Å². The summed E-state index contributed by atoms with van der Waals surface area (Å²) in [4.78, 5) is 21.0. The molecule has 0 amide bonds. The quantitative estimate of drug-likeness (QED) is 0.281. The molecule has 2 rings (SSSR count). The van der Waals surface area contributed by atoms with Crippen LogP contribution in [0.4, 0.5) is 35.9 Å². The minimum atomic E-state index is -5.03. The number of rotatable bonds is 4. The molecule has 2 aromatic rings. The third kappa shape index (κ3) is 4.06.